The third-order valence-corrected chi connectivity index (χ3v) is 3.46. The van der Waals surface area contributed by atoms with Crippen LogP contribution in [0.15, 0.2) is 18.2 Å². The van der Waals surface area contributed by atoms with Gasteiger partial charge in [0.1, 0.15) is 10.6 Å². The molecular weight excluding hydrogens is 272 g/mol. The van der Waals surface area contributed by atoms with Crippen LogP contribution in [0.5, 0.6) is 0 Å². The summed E-state index contributed by atoms with van der Waals surface area (Å²) in [4.78, 5) is 32.4. The Morgan fingerprint density at radius 1 is 1.42 bits per heavy atom. The Balaban J connectivity index is 2.72. The maximum absolute atomic E-state index is 11.1. The topological polar surface area (TPSA) is 110 Å². The fraction of sp³-hybridized carbons (Fsp3) is 0.0909. The molecule has 0 unspecified atom stereocenters. The molecule has 0 atom stereocenters. The van der Waals surface area contributed by atoms with Gasteiger partial charge in [-0.15, -0.1) is 11.3 Å². The molecule has 7 nitrogen and oxygen atoms in total. The number of amides is 1. The number of anilines is 1. The normalized spacial score (nSPS) is 10.4. The number of hydrogen-bond acceptors (Lipinski definition) is 5. The van der Waals surface area contributed by atoms with E-state index in [0.717, 1.165) is 11.3 Å². The molecule has 8 heteroatoms. The van der Waals surface area contributed by atoms with E-state index >= 15 is 0 Å². The summed E-state index contributed by atoms with van der Waals surface area (Å²) < 4.78 is 0.484. The van der Waals surface area contributed by atoms with Crippen LogP contribution in [-0.4, -0.2) is 21.9 Å². The molecule has 0 bridgehead atoms. The van der Waals surface area contributed by atoms with Crippen molar-refractivity contribution in [1.82, 2.24) is 0 Å². The molecule has 1 aromatic heterocycles. The minimum absolute atomic E-state index is 0.0121. The molecular formula is C11H8N2O5S. The highest BCUT2D eigenvalue weighted by molar-refractivity contribution is 7.20. The van der Waals surface area contributed by atoms with Gasteiger partial charge in [0.25, 0.3) is 0 Å². The number of hydrogen-bond donors (Lipinski definition) is 2. The molecule has 0 spiro atoms. The van der Waals surface area contributed by atoms with Crippen LogP contribution in [0.3, 0.4) is 0 Å². The monoisotopic (exact) mass is 280 g/mol. The number of fused-ring (bicyclic) bond motifs is 1. The number of rotatable bonds is 3. The Kier molecular flexibility index (Phi) is 3.17. The van der Waals surface area contributed by atoms with Gasteiger partial charge in [-0.05, 0) is 18.2 Å². The van der Waals surface area contributed by atoms with Gasteiger partial charge in [0.2, 0.25) is 5.91 Å². The number of thiophene rings is 1. The van der Waals surface area contributed by atoms with Crippen molar-refractivity contribution in [1.29, 1.82) is 0 Å². The van der Waals surface area contributed by atoms with Gasteiger partial charge in [0, 0.05) is 11.6 Å². The number of nitrogens with one attached hydrogen (secondary N) is 1. The van der Waals surface area contributed by atoms with Crippen molar-refractivity contribution in [3.63, 3.8) is 0 Å². The van der Waals surface area contributed by atoms with Crippen molar-refractivity contribution >= 4 is 44.7 Å². The maximum Gasteiger partial charge on any atom is 0.345 e. The molecule has 0 fully saturated rings. The number of benzene rings is 1. The van der Waals surface area contributed by atoms with Crippen molar-refractivity contribution < 1.29 is 19.6 Å². The Morgan fingerprint density at radius 2 is 2.11 bits per heavy atom. The first-order valence-corrected chi connectivity index (χ1v) is 5.93. The Hall–Kier alpha value is -2.48. The van der Waals surface area contributed by atoms with Crippen LogP contribution in [0, 0.1) is 10.1 Å². The van der Waals surface area contributed by atoms with Crippen molar-refractivity contribution in [2.24, 2.45) is 0 Å². The van der Waals surface area contributed by atoms with Crippen LogP contribution in [0.4, 0.5) is 11.4 Å². The lowest BCUT2D eigenvalue weighted by molar-refractivity contribution is -0.382. The Morgan fingerprint density at radius 3 is 2.63 bits per heavy atom. The number of nitro benzene ring substituents is 1. The van der Waals surface area contributed by atoms with Crippen LogP contribution >= 0.6 is 11.3 Å². The zero-order valence-corrected chi connectivity index (χ0v) is 10.5. The third-order valence-electron chi connectivity index (χ3n) is 2.38. The van der Waals surface area contributed by atoms with Gasteiger partial charge in [-0.3, -0.25) is 14.9 Å². The van der Waals surface area contributed by atoms with Crippen molar-refractivity contribution in [2.45, 2.75) is 6.92 Å². The summed E-state index contributed by atoms with van der Waals surface area (Å²) in [6.07, 6.45) is 0. The molecule has 0 aliphatic rings. The largest absolute Gasteiger partial charge is 0.477 e. The fourth-order valence-electron chi connectivity index (χ4n) is 1.69. The number of nitrogens with zero attached hydrogens (tertiary/aromatic N) is 1. The number of nitro groups is 1. The standard InChI is InChI=1S/C11H8N2O5S/c1-5(14)12-7-2-3-8-6(10(7)13(17)18)4-9(19-8)11(15)16/h2-4H,1H3,(H,12,14)(H,15,16). The van der Waals surface area contributed by atoms with E-state index in [1.54, 1.807) is 6.07 Å². The minimum atomic E-state index is -1.14. The summed E-state index contributed by atoms with van der Waals surface area (Å²) >= 11 is 0.948. The van der Waals surface area contributed by atoms with Crippen LogP contribution in [0.25, 0.3) is 10.1 Å². The zero-order valence-electron chi connectivity index (χ0n) is 9.67. The van der Waals surface area contributed by atoms with Crippen LogP contribution in [0.1, 0.15) is 16.6 Å². The van der Waals surface area contributed by atoms with E-state index < -0.39 is 16.8 Å². The number of carboxylic acid groups (broad SMARTS) is 1. The van der Waals surface area contributed by atoms with Crippen molar-refractivity contribution in [2.75, 3.05) is 5.32 Å². The molecule has 2 N–H and O–H groups in total. The molecule has 98 valence electrons. The highest BCUT2D eigenvalue weighted by atomic mass is 32.1. The molecule has 0 saturated carbocycles. The highest BCUT2D eigenvalue weighted by Gasteiger charge is 2.22. The van der Waals surface area contributed by atoms with E-state index in [2.05, 4.69) is 5.32 Å². The molecule has 2 rings (SSSR count). The number of carbonyl (C=O) groups is 2. The first-order chi connectivity index (χ1) is 8.90. The Labute approximate surface area is 110 Å². The minimum Gasteiger partial charge on any atom is -0.477 e. The molecule has 1 heterocycles. The second-order valence-corrected chi connectivity index (χ2v) is 4.81. The van der Waals surface area contributed by atoms with Gasteiger partial charge >= 0.3 is 11.7 Å². The second kappa shape index (κ2) is 4.65. The summed E-state index contributed by atoms with van der Waals surface area (Å²) in [5, 5.41) is 22.6. The van der Waals surface area contributed by atoms with E-state index in [9.17, 15) is 19.7 Å². The summed E-state index contributed by atoms with van der Waals surface area (Å²) in [6, 6.07) is 4.18. The molecule has 1 aromatic carbocycles. The average Bonchev–Trinajstić information content (AvgIpc) is 2.71. The SMILES string of the molecule is CC(=O)Nc1ccc2sc(C(=O)O)cc2c1[N+](=O)[O-]. The predicted octanol–water partition coefficient (Wildman–Crippen LogP) is 2.47. The maximum atomic E-state index is 11.1. The lowest BCUT2D eigenvalue weighted by Crippen LogP contribution is -2.07. The molecule has 2 aromatic rings. The molecule has 19 heavy (non-hydrogen) atoms. The van der Waals surface area contributed by atoms with E-state index in [1.807, 2.05) is 0 Å². The zero-order chi connectivity index (χ0) is 14.2. The Bertz CT molecular complexity index is 706. The number of carboxylic acids is 1. The van der Waals surface area contributed by atoms with Crippen LogP contribution in [0.2, 0.25) is 0 Å². The summed E-state index contributed by atoms with van der Waals surface area (Å²) in [7, 11) is 0. The molecule has 0 aliphatic heterocycles. The number of carbonyl (C=O) groups excluding carboxylic acids is 1. The summed E-state index contributed by atoms with van der Waals surface area (Å²) in [5.41, 5.74) is -0.240. The molecule has 0 aliphatic carbocycles. The lowest BCUT2D eigenvalue weighted by Gasteiger charge is -2.03. The first-order valence-electron chi connectivity index (χ1n) is 5.12. The highest BCUT2D eigenvalue weighted by Crippen LogP contribution is 2.38. The van der Waals surface area contributed by atoms with Crippen LogP contribution in [-0.2, 0) is 4.79 Å². The number of aromatic carboxylic acids is 1. The fourth-order valence-corrected chi connectivity index (χ4v) is 2.59. The summed E-state index contributed by atoms with van der Waals surface area (Å²) in [5.74, 6) is -1.58. The quantitative estimate of drug-likeness (QED) is 0.663. The van der Waals surface area contributed by atoms with E-state index in [0.29, 0.717) is 4.70 Å². The van der Waals surface area contributed by atoms with Gasteiger partial charge in [0.05, 0.1) is 10.3 Å². The van der Waals surface area contributed by atoms with E-state index in [1.165, 1.54) is 19.1 Å². The van der Waals surface area contributed by atoms with Gasteiger partial charge in [-0.2, -0.15) is 0 Å². The molecule has 1 amide bonds. The van der Waals surface area contributed by atoms with Gasteiger partial charge in [-0.1, -0.05) is 0 Å². The van der Waals surface area contributed by atoms with Crippen LogP contribution < -0.4 is 5.32 Å². The predicted molar refractivity (Wildman–Crippen MR) is 69.7 cm³/mol. The average molecular weight is 280 g/mol. The second-order valence-electron chi connectivity index (χ2n) is 3.73. The summed E-state index contributed by atoms with van der Waals surface area (Å²) in [6.45, 7) is 1.24. The van der Waals surface area contributed by atoms with Gasteiger partial charge in [-0.25, -0.2) is 4.79 Å². The molecule has 0 radical (unpaired) electrons. The van der Waals surface area contributed by atoms with E-state index in [4.69, 9.17) is 5.11 Å². The van der Waals surface area contributed by atoms with E-state index in [-0.39, 0.29) is 21.6 Å². The first kappa shape index (κ1) is 13.0. The lowest BCUT2D eigenvalue weighted by atomic mass is 10.2. The molecule has 0 saturated heterocycles. The van der Waals surface area contributed by atoms with Crippen molar-refractivity contribution in [3.8, 4) is 0 Å². The van der Waals surface area contributed by atoms with Gasteiger partial charge < -0.3 is 10.4 Å². The smallest absolute Gasteiger partial charge is 0.345 e. The third kappa shape index (κ3) is 2.38. The van der Waals surface area contributed by atoms with Gasteiger partial charge in [0.15, 0.2) is 0 Å². The van der Waals surface area contributed by atoms with Crippen molar-refractivity contribution in [3.05, 3.63) is 33.2 Å².